The van der Waals surface area contributed by atoms with Crippen LogP contribution in [0.4, 0.5) is 5.69 Å². The average Bonchev–Trinajstić information content (AvgIpc) is 2.93. The highest BCUT2D eigenvalue weighted by Crippen LogP contribution is 2.30. The van der Waals surface area contributed by atoms with Crippen LogP contribution in [0.3, 0.4) is 0 Å². The molecule has 0 aliphatic carbocycles. The summed E-state index contributed by atoms with van der Waals surface area (Å²) in [4.78, 5) is 28.3. The summed E-state index contributed by atoms with van der Waals surface area (Å²) in [5.74, 6) is -0.256. The molecule has 8 nitrogen and oxygen atoms in total. The fourth-order valence-electron chi connectivity index (χ4n) is 4.37. The van der Waals surface area contributed by atoms with Gasteiger partial charge in [-0.3, -0.25) is 13.9 Å². The lowest BCUT2D eigenvalue weighted by Gasteiger charge is -2.32. The summed E-state index contributed by atoms with van der Waals surface area (Å²) in [5.41, 5.74) is 1.85. The number of anilines is 1. The maximum absolute atomic E-state index is 13.8. The Morgan fingerprint density at radius 3 is 2.27 bits per heavy atom. The summed E-state index contributed by atoms with van der Waals surface area (Å²) in [6.07, 6.45) is 1.52. The number of hydrogen-bond donors (Lipinski definition) is 1. The Bertz CT molecular complexity index is 1470. The van der Waals surface area contributed by atoms with E-state index in [1.54, 1.807) is 30.3 Å². The molecule has 0 aromatic heterocycles. The highest BCUT2D eigenvalue weighted by atomic mass is 35.5. The van der Waals surface area contributed by atoms with Gasteiger partial charge in [0.2, 0.25) is 21.8 Å². The van der Waals surface area contributed by atoms with Crippen LogP contribution < -0.4 is 14.4 Å². The van der Waals surface area contributed by atoms with Crippen molar-refractivity contribution < 1.29 is 22.7 Å². The van der Waals surface area contributed by atoms with E-state index in [-0.39, 0.29) is 49.2 Å². The van der Waals surface area contributed by atoms with Crippen LogP contribution >= 0.6 is 34.8 Å². The molecule has 0 aliphatic rings. The summed E-state index contributed by atoms with van der Waals surface area (Å²) in [6.45, 7) is 0.0791. The van der Waals surface area contributed by atoms with Crippen LogP contribution in [0.1, 0.15) is 24.0 Å². The smallest absolute Gasteiger partial charge is 0.242 e. The minimum absolute atomic E-state index is 0.0199. The van der Waals surface area contributed by atoms with Crippen LogP contribution in [-0.4, -0.2) is 58.1 Å². The van der Waals surface area contributed by atoms with Gasteiger partial charge in [-0.1, -0.05) is 71.2 Å². The van der Waals surface area contributed by atoms with Gasteiger partial charge >= 0.3 is 0 Å². The highest BCUT2D eigenvalue weighted by Gasteiger charge is 2.30. The molecule has 1 atom stereocenters. The normalized spacial score (nSPS) is 12.0. The molecule has 0 saturated heterocycles. The Kier molecular flexibility index (Phi) is 11.7. The molecule has 2 amide bonds. The van der Waals surface area contributed by atoms with Gasteiger partial charge in [-0.15, -0.1) is 0 Å². The first-order valence-corrected chi connectivity index (χ1v) is 15.7. The van der Waals surface area contributed by atoms with Gasteiger partial charge in [0.05, 0.1) is 24.1 Å². The Morgan fingerprint density at radius 2 is 1.68 bits per heavy atom. The third-order valence-electron chi connectivity index (χ3n) is 6.45. The number of amides is 2. The van der Waals surface area contributed by atoms with E-state index >= 15 is 0 Å². The Morgan fingerprint density at radius 1 is 0.976 bits per heavy atom. The monoisotopic (exact) mass is 639 g/mol. The van der Waals surface area contributed by atoms with Crippen molar-refractivity contribution in [3.8, 4) is 5.75 Å². The van der Waals surface area contributed by atoms with Crippen molar-refractivity contribution in [1.29, 1.82) is 0 Å². The summed E-state index contributed by atoms with van der Waals surface area (Å²) < 4.78 is 31.6. The second-order valence-corrected chi connectivity index (χ2v) is 12.5. The summed E-state index contributed by atoms with van der Waals surface area (Å²) >= 11 is 18.7. The molecule has 0 bridgehead atoms. The van der Waals surface area contributed by atoms with Crippen LogP contribution in [0.2, 0.25) is 15.1 Å². The van der Waals surface area contributed by atoms with Crippen molar-refractivity contribution >= 4 is 62.3 Å². The lowest BCUT2D eigenvalue weighted by atomic mass is 10.0. The molecule has 1 N–H and O–H groups in total. The van der Waals surface area contributed by atoms with Gasteiger partial charge in [-0.2, -0.15) is 0 Å². The zero-order valence-corrected chi connectivity index (χ0v) is 26.0. The molecule has 0 radical (unpaired) electrons. The van der Waals surface area contributed by atoms with Gasteiger partial charge in [0, 0.05) is 43.0 Å². The number of halogens is 3. The molecular formula is C29H32Cl3N3O5S. The SMILES string of the molecule is CNC(=O)[C@@H](Cc1ccccc1)N(Cc1ccc(Cl)cc1Cl)C(=O)CCCN(c1ccc(OC)c(Cl)c1)S(C)(=O)=O. The first-order valence-electron chi connectivity index (χ1n) is 12.7. The number of methoxy groups -OCH3 is 1. The Balaban J connectivity index is 1.88. The number of carbonyl (C=O) groups excluding carboxylic acids is 2. The molecule has 3 rings (SSSR count). The fraction of sp³-hybridized carbons (Fsp3) is 0.310. The highest BCUT2D eigenvalue weighted by molar-refractivity contribution is 7.92. The molecule has 41 heavy (non-hydrogen) atoms. The van der Waals surface area contributed by atoms with Crippen molar-refractivity contribution in [3.05, 3.63) is 92.9 Å². The van der Waals surface area contributed by atoms with Crippen molar-refractivity contribution in [2.75, 3.05) is 31.3 Å². The minimum Gasteiger partial charge on any atom is -0.495 e. The number of nitrogens with one attached hydrogen (secondary N) is 1. The third-order valence-corrected chi connectivity index (χ3v) is 8.53. The molecule has 220 valence electrons. The fourth-order valence-corrected chi connectivity index (χ4v) is 6.05. The number of benzene rings is 3. The molecule has 12 heteroatoms. The summed E-state index contributed by atoms with van der Waals surface area (Å²) in [5, 5.41) is 3.74. The molecule has 0 spiro atoms. The van der Waals surface area contributed by atoms with Gasteiger partial charge in [-0.05, 0) is 47.9 Å². The van der Waals surface area contributed by atoms with E-state index in [1.807, 2.05) is 30.3 Å². The molecule has 3 aromatic carbocycles. The zero-order valence-electron chi connectivity index (χ0n) is 22.9. The molecule has 0 unspecified atom stereocenters. The van der Waals surface area contributed by atoms with Crippen molar-refractivity contribution in [2.45, 2.75) is 31.8 Å². The number of likely N-dealkylation sites (N-methyl/N-ethyl adjacent to an activating group) is 1. The lowest BCUT2D eigenvalue weighted by Crippen LogP contribution is -2.49. The molecular weight excluding hydrogens is 609 g/mol. The van der Waals surface area contributed by atoms with Crippen LogP contribution in [0, 0.1) is 0 Å². The van der Waals surface area contributed by atoms with E-state index in [4.69, 9.17) is 39.5 Å². The van der Waals surface area contributed by atoms with Crippen molar-refractivity contribution in [1.82, 2.24) is 10.2 Å². The maximum atomic E-state index is 13.8. The zero-order chi connectivity index (χ0) is 30.2. The predicted octanol–water partition coefficient (Wildman–Crippen LogP) is 5.59. The van der Waals surface area contributed by atoms with Crippen LogP contribution in [0.25, 0.3) is 0 Å². The largest absolute Gasteiger partial charge is 0.495 e. The standard InChI is InChI=1S/C29H32Cl3N3O5S/c1-33-29(37)26(16-20-8-5-4-6-9-20)34(19-21-11-12-22(30)17-24(21)31)28(36)10-7-15-35(41(3,38)39)23-13-14-27(40-2)25(32)18-23/h4-6,8-9,11-14,17-18,26H,7,10,15-16,19H2,1-3H3,(H,33,37)/t26-/m1/s1. The number of nitrogens with zero attached hydrogens (tertiary/aromatic N) is 2. The maximum Gasteiger partial charge on any atom is 0.242 e. The number of carbonyl (C=O) groups is 2. The van der Waals surface area contributed by atoms with E-state index < -0.39 is 16.1 Å². The summed E-state index contributed by atoms with van der Waals surface area (Å²) in [7, 11) is -0.708. The van der Waals surface area contributed by atoms with Gasteiger partial charge in [0.1, 0.15) is 11.8 Å². The topological polar surface area (TPSA) is 96.0 Å². The molecule has 0 saturated carbocycles. The van der Waals surface area contributed by atoms with E-state index in [2.05, 4.69) is 5.32 Å². The second kappa shape index (κ2) is 14.8. The van der Waals surface area contributed by atoms with E-state index in [0.717, 1.165) is 11.8 Å². The average molecular weight is 641 g/mol. The van der Waals surface area contributed by atoms with Crippen LogP contribution in [-0.2, 0) is 32.6 Å². The minimum atomic E-state index is -3.69. The van der Waals surface area contributed by atoms with Crippen molar-refractivity contribution in [2.24, 2.45) is 0 Å². The van der Waals surface area contributed by atoms with Gasteiger partial charge < -0.3 is 15.0 Å². The molecule has 0 heterocycles. The van der Waals surface area contributed by atoms with Gasteiger partial charge in [-0.25, -0.2) is 8.42 Å². The first-order chi connectivity index (χ1) is 19.4. The lowest BCUT2D eigenvalue weighted by molar-refractivity contribution is -0.141. The summed E-state index contributed by atoms with van der Waals surface area (Å²) in [6, 6.07) is 18.2. The molecule has 0 fully saturated rings. The predicted molar refractivity (Wildman–Crippen MR) is 164 cm³/mol. The second-order valence-electron chi connectivity index (χ2n) is 9.33. The number of hydrogen-bond acceptors (Lipinski definition) is 5. The van der Waals surface area contributed by atoms with Gasteiger partial charge in [0.15, 0.2) is 0 Å². The number of sulfonamides is 1. The third kappa shape index (κ3) is 9.00. The quantitative estimate of drug-likeness (QED) is 0.263. The number of ether oxygens (including phenoxy) is 1. The number of rotatable bonds is 13. The van der Waals surface area contributed by atoms with Gasteiger partial charge in [0.25, 0.3) is 0 Å². The molecule has 0 aliphatic heterocycles. The Hall–Kier alpha value is -2.98. The van der Waals surface area contributed by atoms with Crippen LogP contribution in [0.5, 0.6) is 5.75 Å². The molecule has 3 aromatic rings. The first kappa shape index (κ1) is 32.5. The van der Waals surface area contributed by atoms with Crippen LogP contribution in [0.15, 0.2) is 66.7 Å². The van der Waals surface area contributed by atoms with E-state index in [1.165, 1.54) is 29.4 Å². The van der Waals surface area contributed by atoms with Crippen molar-refractivity contribution in [3.63, 3.8) is 0 Å². The Labute approximate surface area is 256 Å². The van der Waals surface area contributed by atoms with E-state index in [9.17, 15) is 18.0 Å². The van der Waals surface area contributed by atoms with E-state index in [0.29, 0.717) is 27.0 Å².